The molecule has 0 radical (unpaired) electrons. The summed E-state index contributed by atoms with van der Waals surface area (Å²) in [6.07, 6.45) is 5.74. The molecule has 1 aromatic rings. The molecule has 4 heterocycles. The number of fused-ring (bicyclic) bond motifs is 3. The number of pyridine rings is 1. The van der Waals surface area contributed by atoms with E-state index in [2.05, 4.69) is 33.1 Å². The van der Waals surface area contributed by atoms with Gasteiger partial charge in [-0.15, -0.1) is 0 Å². The highest BCUT2D eigenvalue weighted by molar-refractivity contribution is 6.31. The summed E-state index contributed by atoms with van der Waals surface area (Å²) < 4.78 is 0. The minimum absolute atomic E-state index is 0.466. The summed E-state index contributed by atoms with van der Waals surface area (Å²) in [7, 11) is 0. The maximum atomic E-state index is 6.31. The molecule has 3 aliphatic heterocycles. The molecule has 116 valence electrons. The SMILES string of the molecule is CCCNC(Cc1ccncc1Cl)C1CN2CCN1CC2. The van der Waals surface area contributed by atoms with Gasteiger partial charge in [0.15, 0.2) is 0 Å². The number of rotatable bonds is 6. The van der Waals surface area contributed by atoms with Crippen LogP contribution in [0.4, 0.5) is 0 Å². The van der Waals surface area contributed by atoms with Crippen LogP contribution in [0.2, 0.25) is 5.02 Å². The predicted molar refractivity (Wildman–Crippen MR) is 86.8 cm³/mol. The van der Waals surface area contributed by atoms with Gasteiger partial charge in [-0.25, -0.2) is 0 Å². The Kier molecular flexibility index (Phi) is 5.11. The second kappa shape index (κ2) is 7.05. The monoisotopic (exact) mass is 308 g/mol. The molecule has 4 rings (SSSR count). The molecule has 3 saturated heterocycles. The highest BCUT2D eigenvalue weighted by Gasteiger charge is 2.36. The molecule has 0 aromatic carbocycles. The van der Waals surface area contributed by atoms with E-state index in [4.69, 9.17) is 11.6 Å². The van der Waals surface area contributed by atoms with Gasteiger partial charge in [-0.05, 0) is 31.0 Å². The second-order valence-corrected chi connectivity index (χ2v) is 6.54. The van der Waals surface area contributed by atoms with Crippen LogP contribution in [-0.2, 0) is 6.42 Å². The average molecular weight is 309 g/mol. The van der Waals surface area contributed by atoms with Crippen LogP contribution in [0.1, 0.15) is 18.9 Å². The van der Waals surface area contributed by atoms with Crippen LogP contribution in [0.15, 0.2) is 18.5 Å². The zero-order valence-electron chi connectivity index (χ0n) is 12.8. The molecule has 0 amide bonds. The van der Waals surface area contributed by atoms with Crippen molar-refractivity contribution in [1.29, 1.82) is 0 Å². The fourth-order valence-electron chi connectivity index (χ4n) is 3.52. The average Bonchev–Trinajstić information content (AvgIpc) is 2.54. The van der Waals surface area contributed by atoms with E-state index in [-0.39, 0.29) is 0 Å². The van der Waals surface area contributed by atoms with Gasteiger partial charge in [0.05, 0.1) is 5.02 Å². The Morgan fingerprint density at radius 3 is 2.81 bits per heavy atom. The van der Waals surface area contributed by atoms with Crippen molar-refractivity contribution in [2.24, 2.45) is 0 Å². The Morgan fingerprint density at radius 2 is 2.19 bits per heavy atom. The number of hydrogen-bond acceptors (Lipinski definition) is 4. The molecule has 0 spiro atoms. The number of nitrogens with zero attached hydrogens (tertiary/aromatic N) is 3. The minimum atomic E-state index is 0.466. The Balaban J connectivity index is 1.73. The summed E-state index contributed by atoms with van der Waals surface area (Å²) >= 11 is 6.31. The van der Waals surface area contributed by atoms with Gasteiger partial charge < -0.3 is 5.32 Å². The maximum Gasteiger partial charge on any atom is 0.0621 e. The van der Waals surface area contributed by atoms with Crippen molar-refractivity contribution >= 4 is 11.6 Å². The van der Waals surface area contributed by atoms with Crippen LogP contribution in [0.3, 0.4) is 0 Å². The fraction of sp³-hybridized carbons (Fsp3) is 0.688. The van der Waals surface area contributed by atoms with E-state index in [9.17, 15) is 0 Å². The van der Waals surface area contributed by atoms with E-state index >= 15 is 0 Å². The molecular weight excluding hydrogens is 284 g/mol. The normalized spacial score (nSPS) is 29.5. The van der Waals surface area contributed by atoms with Gasteiger partial charge in [-0.3, -0.25) is 14.8 Å². The lowest BCUT2D eigenvalue weighted by atomic mass is 9.94. The van der Waals surface area contributed by atoms with Crippen LogP contribution in [0, 0.1) is 0 Å². The fourth-order valence-corrected chi connectivity index (χ4v) is 3.72. The number of nitrogens with one attached hydrogen (secondary N) is 1. The predicted octanol–water partition coefficient (Wildman–Crippen LogP) is 1.65. The van der Waals surface area contributed by atoms with Crippen LogP contribution >= 0.6 is 11.6 Å². The van der Waals surface area contributed by atoms with Crippen molar-refractivity contribution in [3.63, 3.8) is 0 Å². The van der Waals surface area contributed by atoms with Gasteiger partial charge in [0, 0.05) is 57.2 Å². The van der Waals surface area contributed by atoms with Crippen molar-refractivity contribution < 1.29 is 0 Å². The molecule has 0 saturated carbocycles. The van der Waals surface area contributed by atoms with Gasteiger partial charge in [0.1, 0.15) is 0 Å². The Labute approximate surface area is 132 Å². The quantitative estimate of drug-likeness (QED) is 0.866. The van der Waals surface area contributed by atoms with Crippen molar-refractivity contribution in [2.75, 3.05) is 39.3 Å². The highest BCUT2D eigenvalue weighted by Crippen LogP contribution is 2.23. The van der Waals surface area contributed by atoms with Crippen molar-refractivity contribution in [2.45, 2.75) is 31.8 Å². The molecule has 2 unspecified atom stereocenters. The smallest absolute Gasteiger partial charge is 0.0621 e. The minimum Gasteiger partial charge on any atom is -0.312 e. The topological polar surface area (TPSA) is 31.4 Å². The third-order valence-corrected chi connectivity index (χ3v) is 5.08. The third-order valence-electron chi connectivity index (χ3n) is 4.74. The first kappa shape index (κ1) is 15.2. The third kappa shape index (κ3) is 3.57. The summed E-state index contributed by atoms with van der Waals surface area (Å²) in [5.41, 5.74) is 1.21. The number of halogens is 1. The van der Waals surface area contributed by atoms with E-state index < -0.39 is 0 Å². The van der Waals surface area contributed by atoms with Gasteiger partial charge >= 0.3 is 0 Å². The molecule has 4 nitrogen and oxygen atoms in total. The molecule has 2 atom stereocenters. The van der Waals surface area contributed by atoms with Crippen LogP contribution < -0.4 is 5.32 Å². The van der Waals surface area contributed by atoms with E-state index in [1.807, 2.05) is 6.20 Å². The van der Waals surface area contributed by atoms with Gasteiger partial charge in [-0.1, -0.05) is 18.5 Å². The van der Waals surface area contributed by atoms with Crippen molar-refractivity contribution in [1.82, 2.24) is 20.1 Å². The number of piperazine rings is 3. The number of hydrogen-bond donors (Lipinski definition) is 1. The molecular formula is C16H25ClN4. The van der Waals surface area contributed by atoms with E-state index in [0.29, 0.717) is 12.1 Å². The standard InChI is InChI=1S/C16H25ClN4/c1-2-4-19-15(10-13-3-5-18-11-14(13)17)16-12-20-6-8-21(16)9-7-20/h3,5,11,15-16,19H,2,4,6-10,12H2,1H3. The molecule has 0 aliphatic carbocycles. The van der Waals surface area contributed by atoms with Crippen molar-refractivity contribution in [3.8, 4) is 0 Å². The summed E-state index contributed by atoms with van der Waals surface area (Å²) in [6, 6.07) is 3.12. The van der Waals surface area contributed by atoms with Crippen LogP contribution in [0.25, 0.3) is 0 Å². The summed E-state index contributed by atoms with van der Waals surface area (Å²) in [6.45, 7) is 9.35. The van der Waals surface area contributed by atoms with Gasteiger partial charge in [-0.2, -0.15) is 0 Å². The molecule has 3 aliphatic rings. The van der Waals surface area contributed by atoms with Crippen LogP contribution in [-0.4, -0.2) is 66.1 Å². The molecule has 3 fully saturated rings. The van der Waals surface area contributed by atoms with Crippen LogP contribution in [0.5, 0.6) is 0 Å². The van der Waals surface area contributed by atoms with E-state index in [1.54, 1.807) is 6.20 Å². The molecule has 1 N–H and O–H groups in total. The summed E-state index contributed by atoms with van der Waals surface area (Å²) in [5.74, 6) is 0. The first-order valence-electron chi connectivity index (χ1n) is 8.06. The lowest BCUT2D eigenvalue weighted by Crippen LogP contribution is -2.66. The highest BCUT2D eigenvalue weighted by atomic mass is 35.5. The maximum absolute atomic E-state index is 6.31. The van der Waals surface area contributed by atoms with E-state index in [0.717, 1.165) is 24.4 Å². The summed E-state index contributed by atoms with van der Waals surface area (Å²) in [4.78, 5) is 9.35. The second-order valence-electron chi connectivity index (χ2n) is 6.14. The zero-order valence-corrected chi connectivity index (χ0v) is 13.5. The molecule has 1 aromatic heterocycles. The Bertz CT molecular complexity index is 459. The molecule has 21 heavy (non-hydrogen) atoms. The van der Waals surface area contributed by atoms with Gasteiger partial charge in [0.2, 0.25) is 0 Å². The van der Waals surface area contributed by atoms with Gasteiger partial charge in [0.25, 0.3) is 0 Å². The zero-order chi connectivity index (χ0) is 14.7. The number of aromatic nitrogens is 1. The van der Waals surface area contributed by atoms with E-state index in [1.165, 1.54) is 38.3 Å². The molecule has 2 bridgehead atoms. The lowest BCUT2D eigenvalue weighted by Gasteiger charge is -2.50. The Morgan fingerprint density at radius 1 is 1.38 bits per heavy atom. The largest absolute Gasteiger partial charge is 0.312 e. The van der Waals surface area contributed by atoms with Crippen molar-refractivity contribution in [3.05, 3.63) is 29.0 Å². The summed E-state index contributed by atoms with van der Waals surface area (Å²) in [5, 5.41) is 4.54. The lowest BCUT2D eigenvalue weighted by molar-refractivity contribution is -0.00309. The molecule has 5 heteroatoms. The first-order valence-corrected chi connectivity index (χ1v) is 8.44. The first-order chi connectivity index (χ1) is 10.3. The Hall–Kier alpha value is -0.680.